The van der Waals surface area contributed by atoms with Crippen molar-refractivity contribution in [3.63, 3.8) is 0 Å². The van der Waals surface area contributed by atoms with Gasteiger partial charge in [-0.1, -0.05) is 0 Å². The molecule has 0 aliphatic heterocycles. The predicted octanol–water partition coefficient (Wildman–Crippen LogP) is 5.21. The number of carbonyl (C=O) groups is 2. The molecule has 37 heavy (non-hydrogen) atoms. The molecule has 12 heteroatoms. The van der Waals surface area contributed by atoms with Crippen LogP contribution in [0.2, 0.25) is 0 Å². The first kappa shape index (κ1) is 26.0. The number of benzene rings is 2. The monoisotopic (exact) mass is 520 g/mol. The van der Waals surface area contributed by atoms with E-state index in [1.54, 1.807) is 19.0 Å². The van der Waals surface area contributed by atoms with Crippen LogP contribution in [0.5, 0.6) is 5.75 Å². The predicted molar refractivity (Wildman–Crippen MR) is 125 cm³/mol. The van der Waals surface area contributed by atoms with Crippen molar-refractivity contribution < 1.29 is 36.3 Å². The maximum atomic E-state index is 13.5. The van der Waals surface area contributed by atoms with E-state index in [0.717, 1.165) is 36.4 Å². The van der Waals surface area contributed by atoms with E-state index in [0.29, 0.717) is 12.8 Å². The Morgan fingerprint density at radius 1 is 0.973 bits per heavy atom. The van der Waals surface area contributed by atoms with Crippen molar-refractivity contribution in [2.24, 2.45) is 0 Å². The van der Waals surface area contributed by atoms with E-state index in [1.165, 1.54) is 18.3 Å². The fourth-order valence-electron chi connectivity index (χ4n) is 3.76. The van der Waals surface area contributed by atoms with Crippen LogP contribution in [0, 0.1) is 11.6 Å². The van der Waals surface area contributed by atoms with Crippen molar-refractivity contribution in [1.82, 2.24) is 9.88 Å². The summed E-state index contributed by atoms with van der Waals surface area (Å²) in [5, 5.41) is 4.99. The standard InChI is InChI=1S/C25H21F5N4O3/c1-34(2)24(7-8-24)23(36)33-20-11-14(3-6-21(20)37-25(28,29)30)22(35)32-18-4-5-19(31-13-18)15-9-16(26)12-17(27)10-15/h3-6,9-13H,7-8H2,1-2H3,(H,32,35)(H,33,36). The minimum atomic E-state index is -5.01. The number of hydrogen-bond acceptors (Lipinski definition) is 5. The van der Waals surface area contributed by atoms with Gasteiger partial charge in [0.25, 0.3) is 5.91 Å². The van der Waals surface area contributed by atoms with E-state index in [-0.39, 0.29) is 28.2 Å². The summed E-state index contributed by atoms with van der Waals surface area (Å²) >= 11 is 0. The second-order valence-corrected chi connectivity index (χ2v) is 8.68. The molecule has 1 aliphatic carbocycles. The lowest BCUT2D eigenvalue weighted by Crippen LogP contribution is -2.42. The van der Waals surface area contributed by atoms with Gasteiger partial charge < -0.3 is 15.4 Å². The topological polar surface area (TPSA) is 83.6 Å². The number of rotatable bonds is 7. The highest BCUT2D eigenvalue weighted by Crippen LogP contribution is 2.42. The number of anilines is 2. The molecular formula is C25H21F5N4O3. The largest absolute Gasteiger partial charge is 0.573 e. The zero-order valence-electron chi connectivity index (χ0n) is 19.6. The quantitative estimate of drug-likeness (QED) is 0.418. The molecule has 0 saturated heterocycles. The maximum Gasteiger partial charge on any atom is 0.573 e. The molecule has 0 bridgehead atoms. The summed E-state index contributed by atoms with van der Waals surface area (Å²) < 4.78 is 69.7. The van der Waals surface area contributed by atoms with Gasteiger partial charge in [0, 0.05) is 17.2 Å². The average molecular weight is 520 g/mol. The normalized spacial score (nSPS) is 14.3. The molecule has 7 nitrogen and oxygen atoms in total. The molecule has 3 aromatic rings. The van der Waals surface area contributed by atoms with Gasteiger partial charge >= 0.3 is 6.36 Å². The van der Waals surface area contributed by atoms with Crippen LogP contribution in [-0.4, -0.2) is 47.7 Å². The molecule has 0 unspecified atom stereocenters. The Kier molecular flexibility index (Phi) is 6.87. The molecule has 1 aromatic heterocycles. The van der Waals surface area contributed by atoms with Crippen molar-refractivity contribution in [3.8, 4) is 17.0 Å². The smallest absolute Gasteiger partial charge is 0.404 e. The zero-order chi connectivity index (χ0) is 27.0. The average Bonchev–Trinajstić information content (AvgIpc) is 3.61. The second kappa shape index (κ2) is 9.77. The van der Waals surface area contributed by atoms with E-state index in [9.17, 15) is 31.5 Å². The summed E-state index contributed by atoms with van der Waals surface area (Å²) in [4.78, 5) is 31.3. The van der Waals surface area contributed by atoms with Crippen LogP contribution >= 0.6 is 0 Å². The van der Waals surface area contributed by atoms with Crippen molar-refractivity contribution in [3.05, 3.63) is 71.9 Å². The molecule has 2 amide bonds. The van der Waals surface area contributed by atoms with Crippen molar-refractivity contribution in [2.45, 2.75) is 24.7 Å². The summed E-state index contributed by atoms with van der Waals surface area (Å²) in [6, 6.07) is 8.95. The summed E-state index contributed by atoms with van der Waals surface area (Å²) in [5.74, 6) is -3.42. The number of likely N-dealkylation sites (N-methyl/N-ethyl adjacent to an activating group) is 1. The molecule has 2 N–H and O–H groups in total. The summed E-state index contributed by atoms with van der Waals surface area (Å²) in [6.45, 7) is 0. The van der Waals surface area contributed by atoms with E-state index in [2.05, 4.69) is 20.4 Å². The van der Waals surface area contributed by atoms with Crippen LogP contribution < -0.4 is 15.4 Å². The highest BCUT2D eigenvalue weighted by atomic mass is 19.4. The first-order chi connectivity index (χ1) is 17.4. The molecule has 1 fully saturated rings. The van der Waals surface area contributed by atoms with Gasteiger partial charge in [-0.3, -0.25) is 19.5 Å². The minimum absolute atomic E-state index is 0.0594. The lowest BCUT2D eigenvalue weighted by Gasteiger charge is -2.23. The summed E-state index contributed by atoms with van der Waals surface area (Å²) in [5.41, 5.74) is -0.546. The van der Waals surface area contributed by atoms with Gasteiger partial charge in [0.15, 0.2) is 5.75 Å². The van der Waals surface area contributed by atoms with Crippen LogP contribution in [0.1, 0.15) is 23.2 Å². The molecule has 1 heterocycles. The van der Waals surface area contributed by atoms with Gasteiger partial charge in [0.1, 0.15) is 17.2 Å². The summed E-state index contributed by atoms with van der Waals surface area (Å²) in [7, 11) is 3.38. The number of nitrogens with zero attached hydrogens (tertiary/aromatic N) is 2. The summed E-state index contributed by atoms with van der Waals surface area (Å²) in [6.07, 6.45) is -2.69. The fraction of sp³-hybridized carbons (Fsp3) is 0.240. The Hall–Kier alpha value is -4.06. The minimum Gasteiger partial charge on any atom is -0.404 e. The third-order valence-corrected chi connectivity index (χ3v) is 5.90. The molecule has 0 radical (unpaired) electrons. The molecule has 1 saturated carbocycles. The molecule has 2 aromatic carbocycles. The molecule has 0 spiro atoms. The Bertz CT molecular complexity index is 1320. The van der Waals surface area contributed by atoms with E-state index in [1.807, 2.05) is 0 Å². The number of halogens is 5. The van der Waals surface area contributed by atoms with Gasteiger partial charge in [0.05, 0.1) is 23.3 Å². The zero-order valence-corrected chi connectivity index (χ0v) is 19.6. The van der Waals surface area contributed by atoms with Gasteiger partial charge in [-0.2, -0.15) is 0 Å². The third-order valence-electron chi connectivity index (χ3n) is 5.90. The fourth-order valence-corrected chi connectivity index (χ4v) is 3.76. The number of hydrogen-bond donors (Lipinski definition) is 2. The molecule has 194 valence electrons. The third kappa shape index (κ3) is 6.02. The van der Waals surface area contributed by atoms with Gasteiger partial charge in [-0.05, 0) is 69.4 Å². The highest BCUT2D eigenvalue weighted by molar-refractivity contribution is 6.07. The lowest BCUT2D eigenvalue weighted by atomic mass is 10.1. The Morgan fingerprint density at radius 3 is 2.19 bits per heavy atom. The molecule has 1 aliphatic rings. The number of alkyl halides is 3. The van der Waals surface area contributed by atoms with Crippen LogP contribution in [-0.2, 0) is 4.79 Å². The van der Waals surface area contributed by atoms with Crippen LogP contribution in [0.15, 0.2) is 54.7 Å². The van der Waals surface area contributed by atoms with Crippen molar-refractivity contribution >= 4 is 23.2 Å². The van der Waals surface area contributed by atoms with Gasteiger partial charge in [-0.15, -0.1) is 13.2 Å². The number of aromatic nitrogens is 1. The second-order valence-electron chi connectivity index (χ2n) is 8.68. The van der Waals surface area contributed by atoms with E-state index < -0.39 is 41.1 Å². The number of pyridine rings is 1. The Labute approximate surface area is 208 Å². The SMILES string of the molecule is CN(C)C1(C(=O)Nc2cc(C(=O)Nc3ccc(-c4cc(F)cc(F)c4)nc3)ccc2OC(F)(F)F)CC1. The Morgan fingerprint density at radius 2 is 1.65 bits per heavy atom. The first-order valence-electron chi connectivity index (χ1n) is 11.0. The van der Waals surface area contributed by atoms with Crippen molar-refractivity contribution in [1.29, 1.82) is 0 Å². The Balaban J connectivity index is 1.54. The number of nitrogens with one attached hydrogen (secondary N) is 2. The molecular weight excluding hydrogens is 499 g/mol. The highest BCUT2D eigenvalue weighted by Gasteiger charge is 2.52. The van der Waals surface area contributed by atoms with E-state index >= 15 is 0 Å². The van der Waals surface area contributed by atoms with Gasteiger partial charge in [0.2, 0.25) is 5.91 Å². The van der Waals surface area contributed by atoms with Gasteiger partial charge in [-0.25, -0.2) is 8.78 Å². The molecule has 0 atom stereocenters. The number of carbonyl (C=O) groups excluding carboxylic acids is 2. The van der Waals surface area contributed by atoms with Crippen LogP contribution in [0.3, 0.4) is 0 Å². The maximum absolute atomic E-state index is 13.5. The number of amides is 2. The van der Waals surface area contributed by atoms with E-state index in [4.69, 9.17) is 0 Å². The lowest BCUT2D eigenvalue weighted by molar-refractivity contribution is -0.274. The van der Waals surface area contributed by atoms with Crippen LogP contribution in [0.4, 0.5) is 33.3 Å². The molecule has 4 rings (SSSR count). The van der Waals surface area contributed by atoms with Crippen LogP contribution in [0.25, 0.3) is 11.3 Å². The van der Waals surface area contributed by atoms with Crippen molar-refractivity contribution in [2.75, 3.05) is 24.7 Å². The number of ether oxygens (including phenoxy) is 1. The first-order valence-corrected chi connectivity index (χ1v) is 11.0.